The van der Waals surface area contributed by atoms with Crippen LogP contribution in [0.2, 0.25) is 0 Å². The second kappa shape index (κ2) is 22.7. The summed E-state index contributed by atoms with van der Waals surface area (Å²) in [4.78, 5) is 11.2. The van der Waals surface area contributed by atoms with Crippen molar-refractivity contribution in [3.63, 3.8) is 0 Å². The van der Waals surface area contributed by atoms with Crippen molar-refractivity contribution in [1.29, 1.82) is 0 Å². The van der Waals surface area contributed by atoms with Gasteiger partial charge in [0.1, 0.15) is 0 Å². The second-order valence-corrected chi connectivity index (χ2v) is 4.72. The van der Waals surface area contributed by atoms with Crippen molar-refractivity contribution in [1.82, 2.24) is 0 Å². The lowest BCUT2D eigenvalue weighted by molar-refractivity contribution is -0.136. The number of ether oxygens (including phenoxy) is 1. The Labute approximate surface area is 185 Å². The summed E-state index contributed by atoms with van der Waals surface area (Å²) in [5.74, 6) is 54.0. The van der Waals surface area contributed by atoms with E-state index in [1.54, 1.807) is 6.92 Å². The van der Waals surface area contributed by atoms with Crippen LogP contribution in [0.5, 0.6) is 0 Å². The maximum atomic E-state index is 11.2. The third kappa shape index (κ3) is 22.6. The zero-order valence-corrected chi connectivity index (χ0v) is 17.1. The largest absolute Gasteiger partial charge is 0.456 e. The molecule has 0 amide bonds. The summed E-state index contributed by atoms with van der Waals surface area (Å²) < 4.78 is 4.89. The number of unbranched alkanes of at least 4 members (excludes halogenated alkanes) is 2. The van der Waals surface area contributed by atoms with Crippen molar-refractivity contribution in [3.05, 3.63) is 0 Å². The van der Waals surface area contributed by atoms with Crippen LogP contribution < -0.4 is 0 Å². The maximum absolute atomic E-state index is 11.2. The van der Waals surface area contributed by atoms with Gasteiger partial charge >= 0.3 is 5.97 Å². The minimum Gasteiger partial charge on any atom is -0.456 e. The van der Waals surface area contributed by atoms with Gasteiger partial charge in [0, 0.05) is 29.6 Å². The van der Waals surface area contributed by atoms with E-state index in [-0.39, 0.29) is 0 Å². The molecule has 0 aromatic carbocycles. The molecule has 0 rings (SSSR count). The third-order valence-corrected chi connectivity index (χ3v) is 2.46. The Hall–Kier alpha value is -5.37. The highest BCUT2D eigenvalue weighted by molar-refractivity contribution is 5.89. The number of carbonyl (C=O) groups excluding carboxylic acids is 1. The number of hydrogen-bond donors (Lipinski definition) is 0. The van der Waals surface area contributed by atoms with E-state index in [1.807, 2.05) is 0 Å². The average Bonchev–Trinajstić information content (AvgIpc) is 2.77. The monoisotopic (exact) mass is 394 g/mol. The van der Waals surface area contributed by atoms with Gasteiger partial charge in [-0.25, -0.2) is 4.79 Å². The van der Waals surface area contributed by atoms with Crippen LogP contribution in [0.15, 0.2) is 0 Å². The van der Waals surface area contributed by atoms with E-state index in [4.69, 9.17) is 4.74 Å². The molecule has 0 spiro atoms. The molecule has 0 aromatic rings. The maximum Gasteiger partial charge on any atom is 0.385 e. The number of carbonyl (C=O) groups is 1. The highest BCUT2D eigenvalue weighted by Crippen LogP contribution is 1.93. The van der Waals surface area contributed by atoms with Gasteiger partial charge in [0.2, 0.25) is 0 Å². The molecule has 2 nitrogen and oxygen atoms in total. The van der Waals surface area contributed by atoms with Crippen LogP contribution >= 0.6 is 0 Å². The first-order chi connectivity index (χ1) is 15.3. The molecule has 0 atom stereocenters. The minimum atomic E-state index is -0.594. The molecule has 31 heavy (non-hydrogen) atoms. The standard InChI is InChI=1S/C29H14O2/c1-3-5-7-8-9-10-11-12-13-14-15-16-17-18-19-20-21-22-23-24-25-27-29(30)31-28-26-6-4-2/h4,6,26,28H2,1-2H3. The molecule has 0 fully saturated rings. The molecule has 0 aromatic heterocycles. The fourth-order valence-electron chi connectivity index (χ4n) is 1.26. The van der Waals surface area contributed by atoms with E-state index in [0.717, 1.165) is 19.3 Å². The number of hydrogen-bond acceptors (Lipinski definition) is 2. The van der Waals surface area contributed by atoms with Crippen molar-refractivity contribution in [2.24, 2.45) is 0 Å². The normalized spacial score (nSPS) is 5.48. The third-order valence-electron chi connectivity index (χ3n) is 2.46. The lowest BCUT2D eigenvalue weighted by Gasteiger charge is -1.97. The number of esters is 1. The predicted molar refractivity (Wildman–Crippen MR) is 122 cm³/mol. The Morgan fingerprint density at radius 2 is 0.903 bits per heavy atom. The molecule has 0 bridgehead atoms. The molecule has 0 radical (unpaired) electrons. The van der Waals surface area contributed by atoms with Gasteiger partial charge in [0.25, 0.3) is 0 Å². The van der Waals surface area contributed by atoms with Gasteiger partial charge in [-0.1, -0.05) is 25.7 Å². The summed E-state index contributed by atoms with van der Waals surface area (Å²) in [6.07, 6.45) is 2.91. The van der Waals surface area contributed by atoms with E-state index >= 15 is 0 Å². The first-order valence-electron chi connectivity index (χ1n) is 8.90. The van der Waals surface area contributed by atoms with Gasteiger partial charge in [-0.05, 0) is 108 Å². The van der Waals surface area contributed by atoms with Gasteiger partial charge in [0.05, 0.1) is 6.61 Å². The van der Waals surface area contributed by atoms with Crippen molar-refractivity contribution < 1.29 is 9.53 Å². The molecule has 0 aliphatic rings. The Morgan fingerprint density at radius 3 is 1.26 bits per heavy atom. The van der Waals surface area contributed by atoms with Crippen LogP contribution in [0.1, 0.15) is 33.1 Å². The number of rotatable bonds is 4. The SMILES string of the molecule is CC#CC#CC#CC#CC#CC#CC#CC#CC#CC#CC#CC(=O)OCCCCC. The van der Waals surface area contributed by atoms with Gasteiger partial charge < -0.3 is 4.74 Å². The summed E-state index contributed by atoms with van der Waals surface area (Å²) in [6, 6.07) is 0. The summed E-state index contributed by atoms with van der Waals surface area (Å²) in [5, 5.41) is 0. The summed E-state index contributed by atoms with van der Waals surface area (Å²) in [5.41, 5.74) is 0. The Balaban J connectivity index is 4.34. The average molecular weight is 394 g/mol. The molecule has 0 unspecified atom stereocenters. The fraction of sp³-hybridized carbons (Fsp3) is 0.207. The van der Waals surface area contributed by atoms with Crippen LogP contribution in [-0.4, -0.2) is 12.6 Å². The molecule has 0 heterocycles. The van der Waals surface area contributed by atoms with Crippen molar-refractivity contribution in [3.8, 4) is 130 Å². The van der Waals surface area contributed by atoms with Gasteiger partial charge in [-0.3, -0.25) is 0 Å². The first-order valence-corrected chi connectivity index (χ1v) is 8.90. The summed E-state index contributed by atoms with van der Waals surface area (Å²) in [7, 11) is 0. The van der Waals surface area contributed by atoms with Crippen LogP contribution in [0.3, 0.4) is 0 Å². The molecular weight excluding hydrogens is 380 g/mol. The van der Waals surface area contributed by atoms with Gasteiger partial charge in [-0.15, -0.1) is 0 Å². The smallest absolute Gasteiger partial charge is 0.385 e. The lowest BCUT2D eigenvalue weighted by atomic mass is 10.3. The molecule has 0 N–H and O–H groups in total. The second-order valence-electron chi connectivity index (χ2n) is 4.72. The van der Waals surface area contributed by atoms with E-state index in [0.29, 0.717) is 6.61 Å². The van der Waals surface area contributed by atoms with Crippen LogP contribution in [0, 0.1) is 130 Å². The lowest BCUT2D eigenvalue weighted by Crippen LogP contribution is -2.02. The van der Waals surface area contributed by atoms with Gasteiger partial charge in [0.15, 0.2) is 0 Å². The zero-order valence-electron chi connectivity index (χ0n) is 17.1. The molecular formula is C29H14O2. The zero-order chi connectivity index (χ0) is 22.7. The van der Waals surface area contributed by atoms with Crippen LogP contribution in [-0.2, 0) is 9.53 Å². The predicted octanol–water partition coefficient (Wildman–Crippen LogP) is 1.78. The van der Waals surface area contributed by atoms with Crippen molar-refractivity contribution >= 4 is 5.97 Å². The van der Waals surface area contributed by atoms with Crippen molar-refractivity contribution in [2.75, 3.05) is 6.61 Å². The Morgan fingerprint density at radius 1 is 0.548 bits per heavy atom. The summed E-state index contributed by atoms with van der Waals surface area (Å²) in [6.45, 7) is 4.13. The highest BCUT2D eigenvalue weighted by atomic mass is 16.5. The molecule has 0 aliphatic heterocycles. The van der Waals surface area contributed by atoms with E-state index in [9.17, 15) is 4.79 Å². The van der Waals surface area contributed by atoms with Gasteiger partial charge in [-0.2, -0.15) is 0 Å². The fourth-order valence-corrected chi connectivity index (χ4v) is 1.26. The topological polar surface area (TPSA) is 26.3 Å². The molecule has 0 aliphatic carbocycles. The van der Waals surface area contributed by atoms with Crippen LogP contribution in [0.25, 0.3) is 0 Å². The molecule has 142 valence electrons. The van der Waals surface area contributed by atoms with E-state index < -0.39 is 5.97 Å². The summed E-state index contributed by atoms with van der Waals surface area (Å²) >= 11 is 0. The minimum absolute atomic E-state index is 0.372. The molecule has 0 saturated heterocycles. The molecule has 0 saturated carbocycles. The first kappa shape index (κ1) is 25.6. The Bertz CT molecular complexity index is 1340. The van der Waals surface area contributed by atoms with E-state index in [1.165, 1.54) is 0 Å². The highest BCUT2D eigenvalue weighted by Gasteiger charge is 1.94. The van der Waals surface area contributed by atoms with Crippen LogP contribution in [0.4, 0.5) is 0 Å². The van der Waals surface area contributed by atoms with Crippen molar-refractivity contribution in [2.45, 2.75) is 33.1 Å². The molecule has 2 heteroatoms. The Kier molecular flexibility index (Phi) is 18.7. The quantitative estimate of drug-likeness (QED) is 0.315. The van der Waals surface area contributed by atoms with E-state index in [2.05, 4.69) is 137 Å².